The second-order valence-electron chi connectivity index (χ2n) is 3.35. The summed E-state index contributed by atoms with van der Waals surface area (Å²) >= 11 is 1.47. The lowest BCUT2D eigenvalue weighted by molar-refractivity contribution is 0.105. The number of fused-ring (bicyclic) bond motifs is 1. The molecule has 1 heterocycles. The minimum atomic E-state index is -4.50. The highest BCUT2D eigenvalue weighted by molar-refractivity contribution is 7.99. The van der Waals surface area contributed by atoms with Crippen LogP contribution in [0.2, 0.25) is 0 Å². The van der Waals surface area contributed by atoms with Gasteiger partial charge in [0.25, 0.3) is 10.1 Å². The van der Waals surface area contributed by atoms with Crippen molar-refractivity contribution in [1.82, 2.24) is 0 Å². The van der Waals surface area contributed by atoms with Gasteiger partial charge in [0, 0.05) is 22.6 Å². The van der Waals surface area contributed by atoms with Gasteiger partial charge in [0.05, 0.1) is 0 Å². The van der Waals surface area contributed by atoms with E-state index in [1.165, 1.54) is 17.8 Å². The van der Waals surface area contributed by atoms with Crippen LogP contribution < -0.4 is 0 Å². The zero-order valence-electron chi connectivity index (χ0n) is 7.75. The van der Waals surface area contributed by atoms with Crippen LogP contribution in [0.15, 0.2) is 29.2 Å². The standard InChI is InChI=1S/C9H10O4S2/c10-9(15(11,12)13)5-6-14-8-4-2-1-3-7(8)9/h1-4,10H,5-6H2,(H,11,12,13). The normalized spacial score (nSPS) is 26.0. The average Bonchev–Trinajstić information content (AvgIpc) is 2.17. The van der Waals surface area contributed by atoms with Crippen LogP contribution in [0.25, 0.3) is 0 Å². The predicted octanol–water partition coefficient (Wildman–Crippen LogP) is 1.22. The van der Waals surface area contributed by atoms with E-state index >= 15 is 0 Å². The van der Waals surface area contributed by atoms with Crippen molar-refractivity contribution in [3.8, 4) is 0 Å². The van der Waals surface area contributed by atoms with E-state index in [9.17, 15) is 13.5 Å². The summed E-state index contributed by atoms with van der Waals surface area (Å²) in [4.78, 5) is -1.45. The van der Waals surface area contributed by atoms with E-state index in [1.54, 1.807) is 18.2 Å². The molecule has 0 amide bonds. The second-order valence-corrected chi connectivity index (χ2v) is 6.12. The molecule has 82 valence electrons. The van der Waals surface area contributed by atoms with Crippen LogP contribution in [-0.4, -0.2) is 23.8 Å². The molecule has 1 aromatic rings. The summed E-state index contributed by atoms with van der Waals surface area (Å²) in [6.45, 7) is 0. The quantitative estimate of drug-likeness (QED) is 0.729. The van der Waals surface area contributed by atoms with Gasteiger partial charge in [-0.1, -0.05) is 18.2 Å². The molecule has 1 aromatic carbocycles. The van der Waals surface area contributed by atoms with E-state index in [-0.39, 0.29) is 12.0 Å². The van der Waals surface area contributed by atoms with Gasteiger partial charge in [-0.2, -0.15) is 8.42 Å². The molecule has 1 unspecified atom stereocenters. The largest absolute Gasteiger partial charge is 0.369 e. The second kappa shape index (κ2) is 3.48. The first-order valence-electron chi connectivity index (χ1n) is 4.37. The van der Waals surface area contributed by atoms with Crippen LogP contribution in [0.4, 0.5) is 0 Å². The highest BCUT2D eigenvalue weighted by Gasteiger charge is 2.45. The van der Waals surface area contributed by atoms with Crippen LogP contribution >= 0.6 is 11.8 Å². The summed E-state index contributed by atoms with van der Waals surface area (Å²) in [6, 6.07) is 6.66. The Balaban J connectivity index is 2.65. The third-order valence-electron chi connectivity index (χ3n) is 2.43. The molecular formula is C9H10O4S2. The number of hydrogen-bond acceptors (Lipinski definition) is 4. The summed E-state index contributed by atoms with van der Waals surface area (Å²) in [5.74, 6) is 0.466. The number of benzene rings is 1. The molecule has 0 aliphatic carbocycles. The molecule has 0 aromatic heterocycles. The molecule has 0 fully saturated rings. The maximum atomic E-state index is 11.2. The van der Waals surface area contributed by atoms with Crippen molar-refractivity contribution in [2.75, 3.05) is 5.75 Å². The van der Waals surface area contributed by atoms with Gasteiger partial charge in [0.15, 0.2) is 0 Å². The number of rotatable bonds is 1. The molecule has 0 bridgehead atoms. The third-order valence-corrected chi connectivity index (χ3v) is 4.79. The van der Waals surface area contributed by atoms with Gasteiger partial charge in [-0.15, -0.1) is 11.8 Å². The lowest BCUT2D eigenvalue weighted by Crippen LogP contribution is -2.38. The highest BCUT2D eigenvalue weighted by atomic mass is 32.2. The summed E-state index contributed by atoms with van der Waals surface area (Å²) in [6.07, 6.45) is 0.00745. The molecule has 0 saturated carbocycles. The van der Waals surface area contributed by atoms with E-state index in [1.807, 2.05) is 0 Å². The maximum Gasteiger partial charge on any atom is 0.299 e. The average molecular weight is 246 g/mol. The molecule has 0 spiro atoms. The molecule has 6 heteroatoms. The monoisotopic (exact) mass is 246 g/mol. The van der Waals surface area contributed by atoms with Gasteiger partial charge in [0.2, 0.25) is 4.93 Å². The Morgan fingerprint density at radius 1 is 1.33 bits per heavy atom. The van der Waals surface area contributed by atoms with Crippen LogP contribution in [0, 0.1) is 0 Å². The zero-order valence-corrected chi connectivity index (χ0v) is 9.38. The van der Waals surface area contributed by atoms with Gasteiger partial charge in [-0.3, -0.25) is 4.55 Å². The van der Waals surface area contributed by atoms with Crippen LogP contribution in [-0.2, 0) is 15.1 Å². The lowest BCUT2D eigenvalue weighted by atomic mass is 10.1. The fraction of sp³-hybridized carbons (Fsp3) is 0.333. The van der Waals surface area contributed by atoms with E-state index in [0.717, 1.165) is 0 Å². The van der Waals surface area contributed by atoms with Crippen LogP contribution in [0.5, 0.6) is 0 Å². The van der Waals surface area contributed by atoms with E-state index in [4.69, 9.17) is 4.55 Å². The molecule has 4 nitrogen and oxygen atoms in total. The summed E-state index contributed by atoms with van der Waals surface area (Å²) in [7, 11) is -4.50. The van der Waals surface area contributed by atoms with Crippen molar-refractivity contribution in [2.24, 2.45) is 0 Å². The Labute approximate surface area is 92.1 Å². The van der Waals surface area contributed by atoms with Crippen LogP contribution in [0.3, 0.4) is 0 Å². The van der Waals surface area contributed by atoms with Crippen molar-refractivity contribution in [1.29, 1.82) is 0 Å². The topological polar surface area (TPSA) is 74.6 Å². The Kier molecular flexibility index (Phi) is 2.54. The highest BCUT2D eigenvalue weighted by Crippen LogP contribution is 2.42. The van der Waals surface area contributed by atoms with Gasteiger partial charge < -0.3 is 5.11 Å². The molecule has 15 heavy (non-hydrogen) atoms. The molecule has 2 N–H and O–H groups in total. The Hall–Kier alpha value is -0.560. The van der Waals surface area contributed by atoms with Crippen molar-refractivity contribution in [2.45, 2.75) is 16.2 Å². The van der Waals surface area contributed by atoms with Gasteiger partial charge in [0.1, 0.15) is 0 Å². The Morgan fingerprint density at radius 2 is 2.00 bits per heavy atom. The van der Waals surface area contributed by atoms with E-state index < -0.39 is 15.1 Å². The number of aliphatic hydroxyl groups is 1. The van der Waals surface area contributed by atoms with Gasteiger partial charge in [-0.25, -0.2) is 0 Å². The molecule has 0 saturated heterocycles. The summed E-state index contributed by atoms with van der Waals surface area (Å²) in [5.41, 5.74) is 0.267. The first kappa shape index (κ1) is 10.9. The first-order chi connectivity index (χ1) is 6.95. The summed E-state index contributed by atoms with van der Waals surface area (Å²) in [5, 5.41) is 10.0. The van der Waals surface area contributed by atoms with Crippen molar-refractivity contribution in [3.63, 3.8) is 0 Å². The van der Waals surface area contributed by atoms with Gasteiger partial charge >= 0.3 is 0 Å². The number of thioether (sulfide) groups is 1. The zero-order chi connectivity index (χ0) is 11.1. The fourth-order valence-electron chi connectivity index (χ4n) is 1.62. The predicted molar refractivity (Wildman–Crippen MR) is 57.2 cm³/mol. The van der Waals surface area contributed by atoms with Crippen molar-refractivity contribution >= 4 is 21.9 Å². The SMILES string of the molecule is O=S(=O)(O)C1(O)CCSc2ccccc21. The molecule has 1 aliphatic heterocycles. The molecule has 2 rings (SSSR count). The lowest BCUT2D eigenvalue weighted by Gasteiger charge is -2.30. The van der Waals surface area contributed by atoms with E-state index in [2.05, 4.69) is 0 Å². The minimum absolute atomic E-state index is 0.00745. The third kappa shape index (κ3) is 1.67. The maximum absolute atomic E-state index is 11.2. The number of hydrogen-bond donors (Lipinski definition) is 2. The Bertz CT molecular complexity index is 483. The molecule has 1 atom stereocenters. The van der Waals surface area contributed by atoms with Crippen molar-refractivity contribution in [3.05, 3.63) is 29.8 Å². The van der Waals surface area contributed by atoms with E-state index in [0.29, 0.717) is 10.6 Å². The van der Waals surface area contributed by atoms with Crippen molar-refractivity contribution < 1.29 is 18.1 Å². The van der Waals surface area contributed by atoms with Crippen LogP contribution in [0.1, 0.15) is 12.0 Å². The summed E-state index contributed by atoms with van der Waals surface area (Å²) < 4.78 is 31.4. The smallest absolute Gasteiger partial charge is 0.299 e. The van der Waals surface area contributed by atoms with Gasteiger partial charge in [-0.05, 0) is 6.07 Å². The molecule has 1 aliphatic rings. The molecule has 0 radical (unpaired) electrons. The molecular weight excluding hydrogens is 236 g/mol. The Morgan fingerprint density at radius 3 is 2.67 bits per heavy atom. The first-order valence-corrected chi connectivity index (χ1v) is 6.79. The fourth-order valence-corrected chi connectivity index (χ4v) is 3.81. The minimum Gasteiger partial charge on any atom is -0.369 e.